The predicted molar refractivity (Wildman–Crippen MR) is 89.3 cm³/mol. The van der Waals surface area contributed by atoms with Gasteiger partial charge >= 0.3 is 5.97 Å². The highest BCUT2D eigenvalue weighted by Gasteiger charge is 2.30. The number of imidazole rings is 1. The number of nitrogens with one attached hydrogen (secondary N) is 1. The number of carboxylic acid groups (broad SMARTS) is 1. The average Bonchev–Trinajstić information content (AvgIpc) is 3.06. The third-order valence-electron chi connectivity index (χ3n) is 4.63. The molecular weight excluding hydrogens is 290 g/mol. The van der Waals surface area contributed by atoms with Crippen LogP contribution in [0.4, 0.5) is 0 Å². The molecule has 1 aromatic heterocycles. The van der Waals surface area contributed by atoms with Gasteiger partial charge in [-0.05, 0) is 31.4 Å². The first-order valence-corrected chi connectivity index (χ1v) is 8.26. The predicted octanol–water partition coefficient (Wildman–Crippen LogP) is 3.12. The van der Waals surface area contributed by atoms with Gasteiger partial charge in [-0.15, -0.1) is 0 Å². The molecule has 5 nitrogen and oxygen atoms in total. The molecule has 0 radical (unpaired) electrons. The number of likely N-dealkylation sites (tertiary alicyclic amines) is 1. The third kappa shape index (κ3) is 3.45. The van der Waals surface area contributed by atoms with E-state index in [0.717, 1.165) is 43.0 Å². The van der Waals surface area contributed by atoms with E-state index < -0.39 is 5.97 Å². The largest absolute Gasteiger partial charge is 0.480 e. The number of hydrogen-bond acceptors (Lipinski definition) is 3. The molecule has 122 valence electrons. The maximum Gasteiger partial charge on any atom is 0.320 e. The fourth-order valence-corrected chi connectivity index (χ4v) is 3.41. The van der Waals surface area contributed by atoms with Gasteiger partial charge in [-0.1, -0.05) is 37.3 Å². The van der Waals surface area contributed by atoms with Crippen LogP contribution in [0, 0.1) is 0 Å². The number of carbonyl (C=O) groups is 1. The topological polar surface area (TPSA) is 69.2 Å². The Morgan fingerprint density at radius 1 is 1.43 bits per heavy atom. The van der Waals surface area contributed by atoms with Gasteiger partial charge in [-0.25, -0.2) is 4.98 Å². The molecule has 1 aliphatic heterocycles. The number of benzene rings is 1. The van der Waals surface area contributed by atoms with Crippen molar-refractivity contribution in [1.82, 2.24) is 14.9 Å². The van der Waals surface area contributed by atoms with Gasteiger partial charge in [0.1, 0.15) is 11.9 Å². The second-order valence-electron chi connectivity index (χ2n) is 6.14. The molecule has 3 rings (SSSR count). The summed E-state index contributed by atoms with van der Waals surface area (Å²) in [5.41, 5.74) is 2.14. The standard InChI is InChI=1S/C18H23N3O2/c1-2-16(18(22)23)21-10-6-9-14(12-21)17-19-11-15(20-17)13-7-4-3-5-8-13/h3-5,7-8,11,14,16H,2,6,9-10,12H2,1H3,(H,19,20)(H,22,23)/t14-,16+/m1/s1. The van der Waals surface area contributed by atoms with Crippen LogP contribution < -0.4 is 0 Å². The lowest BCUT2D eigenvalue weighted by Gasteiger charge is -2.35. The summed E-state index contributed by atoms with van der Waals surface area (Å²) in [6.45, 7) is 3.54. The average molecular weight is 313 g/mol. The van der Waals surface area contributed by atoms with Crippen molar-refractivity contribution in [2.24, 2.45) is 0 Å². The minimum atomic E-state index is -0.724. The van der Waals surface area contributed by atoms with E-state index >= 15 is 0 Å². The lowest BCUT2D eigenvalue weighted by molar-refractivity contribution is -0.144. The Balaban J connectivity index is 1.74. The molecule has 1 aliphatic rings. The summed E-state index contributed by atoms with van der Waals surface area (Å²) in [6.07, 6.45) is 4.57. The van der Waals surface area contributed by atoms with Gasteiger partial charge in [-0.2, -0.15) is 0 Å². The highest BCUT2D eigenvalue weighted by Crippen LogP contribution is 2.28. The molecular formula is C18H23N3O2. The summed E-state index contributed by atoms with van der Waals surface area (Å²) in [5.74, 6) is 0.515. The zero-order valence-corrected chi connectivity index (χ0v) is 13.4. The number of aromatic nitrogens is 2. The minimum absolute atomic E-state index is 0.273. The van der Waals surface area contributed by atoms with E-state index in [-0.39, 0.29) is 12.0 Å². The molecule has 0 aliphatic carbocycles. The molecule has 0 spiro atoms. The van der Waals surface area contributed by atoms with Gasteiger partial charge in [0.25, 0.3) is 0 Å². The second-order valence-corrected chi connectivity index (χ2v) is 6.14. The number of hydrogen-bond donors (Lipinski definition) is 2. The van der Waals surface area contributed by atoms with Crippen molar-refractivity contribution in [1.29, 1.82) is 0 Å². The van der Waals surface area contributed by atoms with Crippen LogP contribution in [-0.2, 0) is 4.79 Å². The van der Waals surface area contributed by atoms with Crippen LogP contribution in [0.5, 0.6) is 0 Å². The molecule has 2 N–H and O–H groups in total. The number of rotatable bonds is 5. The molecule has 23 heavy (non-hydrogen) atoms. The van der Waals surface area contributed by atoms with Crippen LogP contribution in [0.3, 0.4) is 0 Å². The summed E-state index contributed by atoms with van der Waals surface area (Å²) in [6, 6.07) is 9.75. The Kier molecular flexibility index (Phi) is 4.76. The molecule has 2 aromatic rings. The van der Waals surface area contributed by atoms with Crippen molar-refractivity contribution in [3.05, 3.63) is 42.4 Å². The van der Waals surface area contributed by atoms with Crippen LogP contribution in [0.25, 0.3) is 11.3 Å². The fourth-order valence-electron chi connectivity index (χ4n) is 3.41. The van der Waals surface area contributed by atoms with Crippen molar-refractivity contribution >= 4 is 5.97 Å². The van der Waals surface area contributed by atoms with Crippen LogP contribution in [0.15, 0.2) is 36.5 Å². The zero-order valence-electron chi connectivity index (χ0n) is 13.4. The number of carboxylic acids is 1. The molecule has 0 bridgehead atoms. The number of aliphatic carboxylic acids is 1. The molecule has 1 aromatic carbocycles. The van der Waals surface area contributed by atoms with Crippen molar-refractivity contribution < 1.29 is 9.90 Å². The maximum absolute atomic E-state index is 11.4. The smallest absolute Gasteiger partial charge is 0.320 e. The summed E-state index contributed by atoms with van der Waals surface area (Å²) >= 11 is 0. The van der Waals surface area contributed by atoms with Crippen molar-refractivity contribution in [2.75, 3.05) is 13.1 Å². The molecule has 0 unspecified atom stereocenters. The SMILES string of the molecule is CC[C@@H](C(=O)O)N1CCC[C@@H](c2ncc(-c3ccccc3)[nH]2)C1. The Morgan fingerprint density at radius 3 is 2.91 bits per heavy atom. The minimum Gasteiger partial charge on any atom is -0.480 e. The maximum atomic E-state index is 11.4. The van der Waals surface area contributed by atoms with Gasteiger partial charge in [0, 0.05) is 12.5 Å². The summed E-state index contributed by atoms with van der Waals surface area (Å²) < 4.78 is 0. The van der Waals surface area contributed by atoms with Gasteiger partial charge in [0.2, 0.25) is 0 Å². The summed E-state index contributed by atoms with van der Waals surface area (Å²) in [4.78, 5) is 21.5. The summed E-state index contributed by atoms with van der Waals surface area (Å²) in [7, 11) is 0. The van der Waals surface area contributed by atoms with Gasteiger partial charge in [0.05, 0.1) is 11.9 Å². The molecule has 2 atom stereocenters. The van der Waals surface area contributed by atoms with Crippen LogP contribution in [0.2, 0.25) is 0 Å². The molecule has 1 saturated heterocycles. The van der Waals surface area contributed by atoms with Crippen molar-refractivity contribution in [2.45, 2.75) is 38.1 Å². The normalized spacial score (nSPS) is 20.3. The highest BCUT2D eigenvalue weighted by molar-refractivity contribution is 5.73. The van der Waals surface area contributed by atoms with Gasteiger partial charge in [-0.3, -0.25) is 9.69 Å². The molecule has 5 heteroatoms. The summed E-state index contributed by atoms with van der Waals surface area (Å²) in [5, 5.41) is 9.37. The monoisotopic (exact) mass is 313 g/mol. The van der Waals surface area contributed by atoms with E-state index in [4.69, 9.17) is 0 Å². The Morgan fingerprint density at radius 2 is 2.22 bits per heavy atom. The quantitative estimate of drug-likeness (QED) is 0.890. The number of aromatic amines is 1. The number of H-pyrrole nitrogens is 1. The third-order valence-corrected chi connectivity index (χ3v) is 4.63. The first-order chi connectivity index (χ1) is 11.2. The second kappa shape index (κ2) is 6.96. The first kappa shape index (κ1) is 15.7. The fraction of sp³-hybridized carbons (Fsp3) is 0.444. The Labute approximate surface area is 136 Å². The first-order valence-electron chi connectivity index (χ1n) is 8.26. The van der Waals surface area contributed by atoms with E-state index in [9.17, 15) is 9.90 Å². The van der Waals surface area contributed by atoms with Crippen LogP contribution >= 0.6 is 0 Å². The van der Waals surface area contributed by atoms with E-state index in [1.165, 1.54) is 0 Å². The van der Waals surface area contributed by atoms with Gasteiger partial charge < -0.3 is 10.1 Å². The van der Waals surface area contributed by atoms with Crippen molar-refractivity contribution in [3.8, 4) is 11.3 Å². The van der Waals surface area contributed by atoms with Crippen molar-refractivity contribution in [3.63, 3.8) is 0 Å². The van der Waals surface area contributed by atoms with Crippen LogP contribution in [-0.4, -0.2) is 45.1 Å². The zero-order chi connectivity index (χ0) is 16.2. The molecule has 1 fully saturated rings. The highest BCUT2D eigenvalue weighted by atomic mass is 16.4. The van der Waals surface area contributed by atoms with Crippen LogP contribution in [0.1, 0.15) is 37.9 Å². The van der Waals surface area contributed by atoms with Gasteiger partial charge in [0.15, 0.2) is 0 Å². The lowest BCUT2D eigenvalue weighted by atomic mass is 9.95. The Bertz CT molecular complexity index is 653. The molecule has 0 saturated carbocycles. The van der Waals surface area contributed by atoms with E-state index in [0.29, 0.717) is 6.42 Å². The number of nitrogens with zero attached hydrogens (tertiary/aromatic N) is 2. The van der Waals surface area contributed by atoms with E-state index in [1.54, 1.807) is 0 Å². The number of piperidine rings is 1. The molecule has 0 amide bonds. The lowest BCUT2D eigenvalue weighted by Crippen LogP contribution is -2.46. The molecule has 2 heterocycles. The van der Waals surface area contributed by atoms with E-state index in [2.05, 4.69) is 27.0 Å². The van der Waals surface area contributed by atoms with E-state index in [1.807, 2.05) is 31.3 Å². The Hall–Kier alpha value is -2.14.